The van der Waals surface area contributed by atoms with E-state index >= 15 is 0 Å². The number of aromatic nitrogens is 1. The molecule has 3 heterocycles. The van der Waals surface area contributed by atoms with E-state index in [9.17, 15) is 4.79 Å². The third-order valence-electron chi connectivity index (χ3n) is 4.98. The molecule has 0 bridgehead atoms. The highest BCUT2D eigenvalue weighted by atomic mass is 32.1. The zero-order valence-corrected chi connectivity index (χ0v) is 17.4. The van der Waals surface area contributed by atoms with Crippen LogP contribution in [-0.4, -0.2) is 43.0 Å². The summed E-state index contributed by atoms with van der Waals surface area (Å²) in [4.78, 5) is 16.0. The van der Waals surface area contributed by atoms with Crippen LogP contribution in [-0.2, 0) is 4.74 Å². The molecule has 1 N–H and O–H groups in total. The van der Waals surface area contributed by atoms with Crippen LogP contribution in [0.1, 0.15) is 26.6 Å². The fourth-order valence-electron chi connectivity index (χ4n) is 3.55. The highest BCUT2D eigenvalue weighted by Crippen LogP contribution is 2.25. The molecule has 1 aliphatic rings. The van der Waals surface area contributed by atoms with E-state index in [0.29, 0.717) is 5.56 Å². The number of hydrogen-bond donors (Lipinski definition) is 1. The number of anilines is 1. The van der Waals surface area contributed by atoms with Crippen LogP contribution in [0.25, 0.3) is 5.69 Å². The van der Waals surface area contributed by atoms with Crippen molar-refractivity contribution in [3.05, 3.63) is 70.4 Å². The van der Waals surface area contributed by atoms with Gasteiger partial charge in [-0.1, -0.05) is 18.2 Å². The minimum absolute atomic E-state index is 0.207. The van der Waals surface area contributed by atoms with Crippen molar-refractivity contribution in [2.24, 2.45) is 5.10 Å². The third-order valence-corrected chi connectivity index (χ3v) is 6.06. The number of morpholine rings is 1. The molecule has 1 aliphatic heterocycles. The smallest absolute Gasteiger partial charge is 0.273 e. The lowest BCUT2D eigenvalue weighted by atomic mass is 10.2. The molecule has 0 spiro atoms. The normalized spacial score (nSPS) is 14.5. The van der Waals surface area contributed by atoms with E-state index in [4.69, 9.17) is 4.74 Å². The maximum Gasteiger partial charge on any atom is 0.273 e. The Kier molecular flexibility index (Phi) is 5.78. The number of nitrogens with zero attached hydrogens (tertiary/aromatic N) is 3. The van der Waals surface area contributed by atoms with Gasteiger partial charge in [-0.2, -0.15) is 5.10 Å². The van der Waals surface area contributed by atoms with E-state index in [2.05, 4.69) is 26.1 Å². The molecule has 150 valence electrons. The van der Waals surface area contributed by atoms with Gasteiger partial charge in [-0.05, 0) is 44.2 Å². The highest BCUT2D eigenvalue weighted by Gasteiger charge is 2.16. The molecule has 1 fully saturated rings. The van der Waals surface area contributed by atoms with E-state index < -0.39 is 0 Å². The Morgan fingerprint density at radius 2 is 1.90 bits per heavy atom. The third kappa shape index (κ3) is 4.26. The van der Waals surface area contributed by atoms with Gasteiger partial charge in [-0.15, -0.1) is 11.3 Å². The van der Waals surface area contributed by atoms with Gasteiger partial charge in [0.2, 0.25) is 0 Å². The van der Waals surface area contributed by atoms with Gasteiger partial charge in [-0.3, -0.25) is 4.79 Å². The monoisotopic (exact) mass is 408 g/mol. The van der Waals surface area contributed by atoms with Crippen molar-refractivity contribution >= 4 is 28.5 Å². The summed E-state index contributed by atoms with van der Waals surface area (Å²) < 4.78 is 7.47. The molecule has 2 aromatic heterocycles. The number of ether oxygens (including phenoxy) is 1. The first-order valence-electron chi connectivity index (χ1n) is 9.64. The Morgan fingerprint density at radius 3 is 2.66 bits per heavy atom. The largest absolute Gasteiger partial charge is 0.378 e. The summed E-state index contributed by atoms with van der Waals surface area (Å²) in [5.41, 5.74) is 6.23. The fourth-order valence-corrected chi connectivity index (χ4v) is 4.48. The second kappa shape index (κ2) is 8.63. The summed E-state index contributed by atoms with van der Waals surface area (Å²) >= 11 is 1.66. The van der Waals surface area contributed by atoms with Gasteiger partial charge in [0.25, 0.3) is 5.91 Å². The molecule has 0 atom stereocenters. The molecular formula is C22H24N4O2S. The molecule has 3 aromatic rings. The van der Waals surface area contributed by atoms with Gasteiger partial charge in [-0.25, -0.2) is 5.43 Å². The first-order chi connectivity index (χ1) is 14.1. The van der Waals surface area contributed by atoms with Gasteiger partial charge in [0.15, 0.2) is 0 Å². The number of carbonyl (C=O) groups is 1. The number of para-hydroxylation sites is 1. The fraction of sp³-hybridized carbons (Fsp3) is 0.273. The molecular weight excluding hydrogens is 384 g/mol. The van der Waals surface area contributed by atoms with E-state index in [1.165, 1.54) is 5.00 Å². The van der Waals surface area contributed by atoms with Crippen molar-refractivity contribution in [3.8, 4) is 5.69 Å². The van der Waals surface area contributed by atoms with E-state index in [1.807, 2.05) is 56.3 Å². The summed E-state index contributed by atoms with van der Waals surface area (Å²) in [5.74, 6) is -0.207. The van der Waals surface area contributed by atoms with Crippen LogP contribution in [0.2, 0.25) is 0 Å². The summed E-state index contributed by atoms with van der Waals surface area (Å²) in [5, 5.41) is 5.36. The van der Waals surface area contributed by atoms with Crippen molar-refractivity contribution in [1.29, 1.82) is 0 Å². The lowest BCUT2D eigenvalue weighted by Crippen LogP contribution is -2.35. The van der Waals surface area contributed by atoms with Crippen molar-refractivity contribution in [1.82, 2.24) is 9.99 Å². The molecule has 0 unspecified atom stereocenters. The van der Waals surface area contributed by atoms with Gasteiger partial charge in [0, 0.05) is 35.0 Å². The number of hydrogen-bond acceptors (Lipinski definition) is 5. The number of nitrogens with one attached hydrogen (secondary N) is 1. The average Bonchev–Trinajstić information content (AvgIpc) is 3.33. The minimum atomic E-state index is -0.207. The van der Waals surface area contributed by atoms with E-state index in [0.717, 1.165) is 48.3 Å². The summed E-state index contributed by atoms with van der Waals surface area (Å²) in [6.07, 6.45) is 1.70. The number of aryl methyl sites for hydroxylation is 1. The standard InChI is InChI=1S/C22H24N4O2S/c1-16-14-20(17(2)26(16)18-6-4-3-5-7-18)22(27)24-23-15-19-8-9-21(29-19)25-10-12-28-13-11-25/h3-9,14-15H,10-13H2,1-2H3,(H,24,27)/b23-15+. The number of hydrazone groups is 1. The first kappa shape index (κ1) is 19.4. The predicted octanol–water partition coefficient (Wildman–Crippen LogP) is 3.76. The lowest BCUT2D eigenvalue weighted by Gasteiger charge is -2.27. The topological polar surface area (TPSA) is 58.9 Å². The zero-order chi connectivity index (χ0) is 20.2. The maximum atomic E-state index is 12.6. The van der Waals surface area contributed by atoms with Gasteiger partial charge >= 0.3 is 0 Å². The van der Waals surface area contributed by atoms with Gasteiger partial charge < -0.3 is 14.2 Å². The summed E-state index contributed by atoms with van der Waals surface area (Å²) in [6.45, 7) is 7.29. The highest BCUT2D eigenvalue weighted by molar-refractivity contribution is 7.17. The van der Waals surface area contributed by atoms with Crippen LogP contribution in [0.15, 0.2) is 53.6 Å². The molecule has 7 heteroatoms. The van der Waals surface area contributed by atoms with E-state index in [-0.39, 0.29) is 5.91 Å². The molecule has 1 aromatic carbocycles. The van der Waals surface area contributed by atoms with Crippen LogP contribution in [0.4, 0.5) is 5.00 Å². The zero-order valence-electron chi connectivity index (χ0n) is 16.6. The van der Waals surface area contributed by atoms with Crippen LogP contribution in [0, 0.1) is 13.8 Å². The predicted molar refractivity (Wildman–Crippen MR) is 118 cm³/mol. The number of amides is 1. The number of rotatable bonds is 5. The quantitative estimate of drug-likeness (QED) is 0.517. The Balaban J connectivity index is 1.43. The van der Waals surface area contributed by atoms with Crippen LogP contribution in [0.3, 0.4) is 0 Å². The Hall–Kier alpha value is -2.90. The maximum absolute atomic E-state index is 12.6. The molecule has 1 amide bonds. The van der Waals surface area contributed by atoms with Crippen LogP contribution < -0.4 is 10.3 Å². The van der Waals surface area contributed by atoms with Gasteiger partial charge in [0.1, 0.15) is 0 Å². The average molecular weight is 409 g/mol. The lowest BCUT2D eigenvalue weighted by molar-refractivity contribution is 0.0954. The van der Waals surface area contributed by atoms with Crippen molar-refractivity contribution < 1.29 is 9.53 Å². The van der Waals surface area contributed by atoms with Crippen molar-refractivity contribution in [2.75, 3.05) is 31.2 Å². The Bertz CT molecular complexity index is 1020. The van der Waals surface area contributed by atoms with Crippen LogP contribution in [0.5, 0.6) is 0 Å². The molecule has 1 saturated heterocycles. The van der Waals surface area contributed by atoms with Crippen molar-refractivity contribution in [2.45, 2.75) is 13.8 Å². The molecule has 6 nitrogen and oxygen atoms in total. The van der Waals surface area contributed by atoms with Crippen LogP contribution >= 0.6 is 11.3 Å². The second-order valence-corrected chi connectivity index (χ2v) is 8.02. The number of carbonyl (C=O) groups excluding carboxylic acids is 1. The van der Waals surface area contributed by atoms with Crippen molar-refractivity contribution in [3.63, 3.8) is 0 Å². The molecule has 0 radical (unpaired) electrons. The summed E-state index contributed by atoms with van der Waals surface area (Å²) in [7, 11) is 0. The Labute approximate surface area is 174 Å². The van der Waals surface area contributed by atoms with Gasteiger partial charge in [0.05, 0.1) is 30.0 Å². The Morgan fingerprint density at radius 1 is 1.14 bits per heavy atom. The SMILES string of the molecule is Cc1cc(C(=O)N/N=C/c2ccc(N3CCOCC3)s2)c(C)n1-c1ccccc1. The number of thiophene rings is 1. The first-order valence-corrected chi connectivity index (χ1v) is 10.5. The molecule has 0 aliphatic carbocycles. The van der Waals surface area contributed by atoms with E-state index in [1.54, 1.807) is 17.6 Å². The summed E-state index contributed by atoms with van der Waals surface area (Å²) in [6, 6.07) is 16.0. The molecule has 4 rings (SSSR count). The molecule has 0 saturated carbocycles. The second-order valence-electron chi connectivity index (χ2n) is 6.93. The molecule has 29 heavy (non-hydrogen) atoms. The number of benzene rings is 1. The minimum Gasteiger partial charge on any atom is -0.378 e.